The van der Waals surface area contributed by atoms with Crippen LogP contribution in [0.5, 0.6) is 5.75 Å². The molecule has 0 spiro atoms. The molecule has 0 saturated carbocycles. The first-order valence-electron chi connectivity index (χ1n) is 9.84. The van der Waals surface area contributed by atoms with Crippen LogP contribution in [0.3, 0.4) is 0 Å². The van der Waals surface area contributed by atoms with E-state index >= 15 is 0 Å². The molecular weight excluding hydrogens is 442 g/mol. The fraction of sp³-hybridized carbons (Fsp3) is 0.333. The van der Waals surface area contributed by atoms with E-state index < -0.39 is 10.0 Å². The number of hydrogen-bond donors (Lipinski definition) is 1. The molecule has 1 N–H and O–H groups in total. The summed E-state index contributed by atoms with van der Waals surface area (Å²) in [7, 11) is -3.88. The van der Waals surface area contributed by atoms with Crippen LogP contribution < -0.4 is 10.1 Å². The number of amides is 2. The van der Waals surface area contributed by atoms with Crippen molar-refractivity contribution < 1.29 is 22.7 Å². The topological polar surface area (TPSA) is 96.0 Å². The Balaban J connectivity index is 1.44. The molecule has 31 heavy (non-hydrogen) atoms. The SMILES string of the molecule is Cc1ccc(CC(=O)N2CCN(S(=O)(=O)c3cc4c(cc3Cl)NC(=O)CO4)CC2)cc1. The highest BCUT2D eigenvalue weighted by Gasteiger charge is 2.33. The third kappa shape index (κ3) is 4.53. The third-order valence-electron chi connectivity index (χ3n) is 5.35. The van der Waals surface area contributed by atoms with Gasteiger partial charge in [0.25, 0.3) is 5.91 Å². The molecule has 2 aliphatic heterocycles. The molecule has 2 aromatic rings. The molecule has 0 atom stereocenters. The summed E-state index contributed by atoms with van der Waals surface area (Å²) in [6, 6.07) is 10.5. The Labute approximate surface area is 185 Å². The van der Waals surface area contributed by atoms with Gasteiger partial charge < -0.3 is 15.0 Å². The predicted octanol–water partition coefficient (Wildman–Crippen LogP) is 2.05. The number of fused-ring (bicyclic) bond motifs is 1. The van der Waals surface area contributed by atoms with Crippen LogP contribution >= 0.6 is 11.6 Å². The van der Waals surface area contributed by atoms with Crippen LogP contribution in [0.15, 0.2) is 41.3 Å². The average molecular weight is 464 g/mol. The molecule has 2 aromatic carbocycles. The molecule has 2 heterocycles. The molecule has 1 saturated heterocycles. The molecule has 2 amide bonds. The van der Waals surface area contributed by atoms with E-state index in [1.807, 2.05) is 31.2 Å². The van der Waals surface area contributed by atoms with Gasteiger partial charge in [0.1, 0.15) is 10.6 Å². The van der Waals surface area contributed by atoms with E-state index in [1.165, 1.54) is 16.4 Å². The molecule has 8 nitrogen and oxygen atoms in total. The summed E-state index contributed by atoms with van der Waals surface area (Å²) in [5.41, 5.74) is 2.40. The summed E-state index contributed by atoms with van der Waals surface area (Å²) in [5.74, 6) is -0.100. The summed E-state index contributed by atoms with van der Waals surface area (Å²) in [4.78, 5) is 25.6. The highest BCUT2D eigenvalue weighted by atomic mass is 35.5. The second kappa shape index (κ2) is 8.49. The second-order valence-corrected chi connectivity index (χ2v) is 9.88. The van der Waals surface area contributed by atoms with Crippen LogP contribution in [0.1, 0.15) is 11.1 Å². The zero-order chi connectivity index (χ0) is 22.2. The average Bonchev–Trinajstić information content (AvgIpc) is 2.74. The van der Waals surface area contributed by atoms with Gasteiger partial charge >= 0.3 is 0 Å². The van der Waals surface area contributed by atoms with Crippen molar-refractivity contribution in [1.82, 2.24) is 9.21 Å². The molecule has 0 radical (unpaired) electrons. The lowest BCUT2D eigenvalue weighted by Crippen LogP contribution is -2.50. The molecule has 0 unspecified atom stereocenters. The Kier molecular flexibility index (Phi) is 5.92. The van der Waals surface area contributed by atoms with Gasteiger partial charge in [0.05, 0.1) is 17.1 Å². The van der Waals surface area contributed by atoms with Crippen molar-refractivity contribution >= 4 is 39.1 Å². The summed E-state index contributed by atoms with van der Waals surface area (Å²) < 4.78 is 32.9. The van der Waals surface area contributed by atoms with Gasteiger partial charge in [-0.15, -0.1) is 0 Å². The number of sulfonamides is 1. The first-order chi connectivity index (χ1) is 14.7. The Morgan fingerprint density at radius 2 is 1.81 bits per heavy atom. The smallest absolute Gasteiger partial charge is 0.262 e. The minimum atomic E-state index is -3.88. The number of benzene rings is 2. The Morgan fingerprint density at radius 3 is 2.48 bits per heavy atom. The van der Waals surface area contributed by atoms with Gasteiger partial charge in [0.2, 0.25) is 15.9 Å². The maximum atomic E-state index is 13.2. The van der Waals surface area contributed by atoms with Crippen LogP contribution in [-0.2, 0) is 26.0 Å². The number of nitrogens with one attached hydrogen (secondary N) is 1. The largest absolute Gasteiger partial charge is 0.482 e. The number of anilines is 1. The number of piperazine rings is 1. The number of ether oxygens (including phenoxy) is 1. The first-order valence-corrected chi connectivity index (χ1v) is 11.7. The van der Waals surface area contributed by atoms with Gasteiger partial charge in [-0.3, -0.25) is 9.59 Å². The van der Waals surface area contributed by atoms with E-state index in [1.54, 1.807) is 4.90 Å². The molecule has 0 aliphatic carbocycles. The number of carbonyl (C=O) groups is 2. The molecule has 164 valence electrons. The summed E-state index contributed by atoms with van der Waals surface area (Å²) >= 11 is 6.22. The van der Waals surface area contributed by atoms with E-state index in [4.69, 9.17) is 16.3 Å². The van der Waals surface area contributed by atoms with Crippen LogP contribution in [0.2, 0.25) is 5.02 Å². The number of halogens is 1. The first kappa shape index (κ1) is 21.6. The second-order valence-electron chi connectivity index (χ2n) is 7.56. The van der Waals surface area contributed by atoms with Crippen molar-refractivity contribution in [3.8, 4) is 5.75 Å². The van der Waals surface area contributed by atoms with Crippen molar-refractivity contribution in [3.05, 3.63) is 52.5 Å². The highest BCUT2D eigenvalue weighted by molar-refractivity contribution is 7.89. The lowest BCUT2D eigenvalue weighted by atomic mass is 10.1. The van der Waals surface area contributed by atoms with Crippen LogP contribution in [0.4, 0.5) is 5.69 Å². The van der Waals surface area contributed by atoms with E-state index in [2.05, 4.69) is 5.32 Å². The van der Waals surface area contributed by atoms with Gasteiger partial charge in [-0.25, -0.2) is 8.42 Å². The van der Waals surface area contributed by atoms with E-state index in [0.29, 0.717) is 18.8 Å². The van der Waals surface area contributed by atoms with Gasteiger partial charge in [-0.2, -0.15) is 4.31 Å². The molecule has 4 rings (SSSR count). The maximum absolute atomic E-state index is 13.2. The van der Waals surface area contributed by atoms with Crippen molar-refractivity contribution in [1.29, 1.82) is 0 Å². The zero-order valence-corrected chi connectivity index (χ0v) is 18.5. The monoisotopic (exact) mass is 463 g/mol. The highest BCUT2D eigenvalue weighted by Crippen LogP contribution is 2.37. The molecule has 0 bridgehead atoms. The quantitative estimate of drug-likeness (QED) is 0.748. The number of aryl methyl sites for hydroxylation is 1. The van der Waals surface area contributed by atoms with Crippen molar-refractivity contribution in [2.24, 2.45) is 0 Å². The van der Waals surface area contributed by atoms with Crippen molar-refractivity contribution in [3.63, 3.8) is 0 Å². The molecule has 2 aliphatic rings. The molecule has 10 heteroatoms. The normalized spacial score (nSPS) is 17.0. The molecule has 0 aromatic heterocycles. The van der Waals surface area contributed by atoms with E-state index in [-0.39, 0.29) is 53.6 Å². The zero-order valence-electron chi connectivity index (χ0n) is 16.9. The van der Waals surface area contributed by atoms with Gasteiger partial charge in [0.15, 0.2) is 6.61 Å². The Bertz CT molecular complexity index is 1130. The van der Waals surface area contributed by atoms with Crippen molar-refractivity contribution in [2.45, 2.75) is 18.2 Å². The summed E-state index contributed by atoms with van der Waals surface area (Å²) in [6.45, 7) is 2.76. The predicted molar refractivity (Wildman–Crippen MR) is 116 cm³/mol. The van der Waals surface area contributed by atoms with Gasteiger partial charge in [0, 0.05) is 32.2 Å². The van der Waals surface area contributed by atoms with Gasteiger partial charge in [-0.05, 0) is 18.6 Å². The lowest BCUT2D eigenvalue weighted by molar-refractivity contribution is -0.131. The van der Waals surface area contributed by atoms with Crippen LogP contribution in [-0.4, -0.2) is 62.2 Å². The van der Waals surface area contributed by atoms with Gasteiger partial charge in [-0.1, -0.05) is 41.4 Å². The molecule has 1 fully saturated rings. The Hall–Kier alpha value is -2.62. The third-order valence-corrected chi connectivity index (χ3v) is 7.72. The Morgan fingerprint density at radius 1 is 1.13 bits per heavy atom. The fourth-order valence-corrected chi connectivity index (χ4v) is 5.53. The van der Waals surface area contributed by atoms with Crippen LogP contribution in [0, 0.1) is 6.92 Å². The fourth-order valence-electron chi connectivity index (χ4n) is 3.59. The summed E-state index contributed by atoms with van der Waals surface area (Å²) in [5, 5.41) is 2.60. The van der Waals surface area contributed by atoms with E-state index in [9.17, 15) is 18.0 Å². The number of hydrogen-bond acceptors (Lipinski definition) is 5. The van der Waals surface area contributed by atoms with E-state index in [0.717, 1.165) is 11.1 Å². The standard InChI is InChI=1S/C21H22ClN3O5S/c1-14-2-4-15(5-3-14)10-21(27)24-6-8-25(9-7-24)31(28,29)19-12-18-17(11-16(19)22)23-20(26)13-30-18/h2-5,11-12H,6-10,13H2,1H3,(H,23,26). The maximum Gasteiger partial charge on any atom is 0.262 e. The number of rotatable bonds is 4. The number of nitrogens with zero attached hydrogens (tertiary/aromatic N) is 2. The lowest BCUT2D eigenvalue weighted by Gasteiger charge is -2.34. The number of carbonyl (C=O) groups excluding carboxylic acids is 2. The minimum Gasteiger partial charge on any atom is -0.482 e. The molecular formula is C21H22ClN3O5S. The van der Waals surface area contributed by atoms with Crippen molar-refractivity contribution in [2.75, 3.05) is 38.1 Å². The van der Waals surface area contributed by atoms with Crippen LogP contribution in [0.25, 0.3) is 0 Å². The summed E-state index contributed by atoms with van der Waals surface area (Å²) in [6.07, 6.45) is 0.284. The minimum absolute atomic E-state index is 0.00225.